The van der Waals surface area contributed by atoms with Crippen molar-refractivity contribution in [1.82, 2.24) is 10.2 Å². The van der Waals surface area contributed by atoms with Crippen molar-refractivity contribution < 1.29 is 9.53 Å². The van der Waals surface area contributed by atoms with E-state index in [1.165, 1.54) is 13.5 Å². The number of hydrogen-bond donors (Lipinski definition) is 1. The van der Waals surface area contributed by atoms with Gasteiger partial charge >= 0.3 is 5.97 Å². The number of methoxy groups -OCH3 is 1. The molecule has 0 radical (unpaired) electrons. The summed E-state index contributed by atoms with van der Waals surface area (Å²) < 4.78 is 4.56. The maximum Gasteiger partial charge on any atom is 0.358 e. The van der Waals surface area contributed by atoms with Crippen molar-refractivity contribution in [3.05, 3.63) is 17.8 Å². The number of carbonyl (C=O) groups is 1. The van der Waals surface area contributed by atoms with Crippen LogP contribution < -0.4 is 5.32 Å². The zero-order valence-corrected chi connectivity index (χ0v) is 11.4. The van der Waals surface area contributed by atoms with Crippen LogP contribution in [0.4, 0.5) is 5.82 Å². The van der Waals surface area contributed by atoms with Crippen molar-refractivity contribution in [2.45, 2.75) is 39.7 Å². The first-order chi connectivity index (χ1) is 8.56. The molecule has 0 saturated carbocycles. The van der Waals surface area contributed by atoms with Gasteiger partial charge in [0.2, 0.25) is 0 Å². The quantitative estimate of drug-likeness (QED) is 0.787. The van der Waals surface area contributed by atoms with Crippen LogP contribution in [0.2, 0.25) is 0 Å². The van der Waals surface area contributed by atoms with Gasteiger partial charge in [-0.05, 0) is 31.4 Å². The van der Waals surface area contributed by atoms with E-state index >= 15 is 0 Å². The van der Waals surface area contributed by atoms with Crippen LogP contribution in [0.3, 0.4) is 0 Å². The molecule has 0 fully saturated rings. The Balaban J connectivity index is 2.55. The maximum atomic E-state index is 11.2. The molecule has 1 rings (SSSR count). The van der Waals surface area contributed by atoms with E-state index in [1.807, 2.05) is 0 Å². The Labute approximate surface area is 108 Å². The molecule has 1 N–H and O–H groups in total. The number of ether oxygens (including phenoxy) is 1. The van der Waals surface area contributed by atoms with Gasteiger partial charge in [0.1, 0.15) is 5.82 Å². The lowest BCUT2D eigenvalue weighted by molar-refractivity contribution is 0.0593. The average molecular weight is 251 g/mol. The minimum atomic E-state index is -0.471. The molecule has 5 nitrogen and oxygen atoms in total. The van der Waals surface area contributed by atoms with Crippen molar-refractivity contribution in [1.29, 1.82) is 0 Å². The van der Waals surface area contributed by atoms with E-state index in [0.717, 1.165) is 6.42 Å². The molecule has 5 heteroatoms. The Morgan fingerprint density at radius 3 is 2.61 bits per heavy atom. The second-order valence-corrected chi connectivity index (χ2v) is 4.59. The third-order valence-corrected chi connectivity index (χ3v) is 2.91. The number of nitrogens with one attached hydrogen (secondary N) is 1. The highest BCUT2D eigenvalue weighted by Gasteiger charge is 2.10. The number of hydrogen-bond acceptors (Lipinski definition) is 5. The van der Waals surface area contributed by atoms with Gasteiger partial charge in [-0.3, -0.25) is 0 Å². The molecule has 0 aliphatic heterocycles. The van der Waals surface area contributed by atoms with Crippen molar-refractivity contribution in [3.63, 3.8) is 0 Å². The third kappa shape index (κ3) is 4.31. The lowest BCUT2D eigenvalue weighted by atomic mass is 10.0. The first-order valence-corrected chi connectivity index (χ1v) is 6.25. The standard InChI is InChI=1S/C13H21N3O2/c1-5-9(2)8-10(3)14-12-7-6-11(15-16-12)13(17)18-4/h6-7,9-10H,5,8H2,1-4H3,(H,14,16). The molecule has 0 saturated heterocycles. The number of anilines is 1. The van der Waals surface area contributed by atoms with Gasteiger partial charge in [0.25, 0.3) is 0 Å². The Morgan fingerprint density at radius 1 is 1.39 bits per heavy atom. The molecule has 1 aromatic rings. The van der Waals surface area contributed by atoms with Gasteiger partial charge in [0.05, 0.1) is 7.11 Å². The van der Waals surface area contributed by atoms with Crippen LogP contribution in [-0.2, 0) is 4.74 Å². The summed E-state index contributed by atoms with van der Waals surface area (Å²) in [5, 5.41) is 11.0. The Morgan fingerprint density at radius 2 is 2.11 bits per heavy atom. The zero-order chi connectivity index (χ0) is 13.5. The molecule has 1 aromatic heterocycles. The van der Waals surface area contributed by atoms with Crippen LogP contribution in [0.25, 0.3) is 0 Å². The monoisotopic (exact) mass is 251 g/mol. The SMILES string of the molecule is CCC(C)CC(C)Nc1ccc(C(=O)OC)nn1. The Hall–Kier alpha value is -1.65. The summed E-state index contributed by atoms with van der Waals surface area (Å²) >= 11 is 0. The number of aromatic nitrogens is 2. The minimum absolute atomic E-state index is 0.220. The van der Waals surface area contributed by atoms with Gasteiger partial charge in [-0.2, -0.15) is 0 Å². The number of esters is 1. The van der Waals surface area contributed by atoms with Gasteiger partial charge in [-0.25, -0.2) is 4.79 Å². The first-order valence-electron chi connectivity index (χ1n) is 6.25. The van der Waals surface area contributed by atoms with E-state index in [9.17, 15) is 4.79 Å². The zero-order valence-electron chi connectivity index (χ0n) is 11.4. The summed E-state index contributed by atoms with van der Waals surface area (Å²) in [7, 11) is 1.32. The summed E-state index contributed by atoms with van der Waals surface area (Å²) in [6.45, 7) is 6.52. The van der Waals surface area contributed by atoms with E-state index in [-0.39, 0.29) is 5.69 Å². The molecule has 0 aromatic carbocycles. The van der Waals surface area contributed by atoms with Crippen LogP contribution in [0.1, 0.15) is 44.1 Å². The van der Waals surface area contributed by atoms with Crippen molar-refractivity contribution >= 4 is 11.8 Å². The molecular weight excluding hydrogens is 230 g/mol. The van der Waals surface area contributed by atoms with Crippen molar-refractivity contribution in [2.24, 2.45) is 5.92 Å². The molecule has 0 aliphatic carbocycles. The maximum absolute atomic E-state index is 11.2. The van der Waals surface area contributed by atoms with Gasteiger partial charge < -0.3 is 10.1 Å². The summed E-state index contributed by atoms with van der Waals surface area (Å²) in [5.41, 5.74) is 0.220. The second kappa shape index (κ2) is 6.93. The summed E-state index contributed by atoms with van der Waals surface area (Å²) in [4.78, 5) is 11.2. The van der Waals surface area contributed by atoms with Crippen LogP contribution in [0.15, 0.2) is 12.1 Å². The van der Waals surface area contributed by atoms with Crippen molar-refractivity contribution in [3.8, 4) is 0 Å². The average Bonchev–Trinajstić information content (AvgIpc) is 2.38. The molecule has 0 aliphatic rings. The molecule has 2 atom stereocenters. The molecule has 0 spiro atoms. The largest absolute Gasteiger partial charge is 0.464 e. The summed E-state index contributed by atoms with van der Waals surface area (Å²) in [5.74, 6) is 0.884. The molecular formula is C13H21N3O2. The van der Waals surface area contributed by atoms with Crippen molar-refractivity contribution in [2.75, 3.05) is 12.4 Å². The predicted molar refractivity (Wildman–Crippen MR) is 70.5 cm³/mol. The molecule has 1 heterocycles. The van der Waals surface area contributed by atoms with Gasteiger partial charge in [-0.1, -0.05) is 20.3 Å². The van der Waals surface area contributed by atoms with Crippen LogP contribution >= 0.6 is 0 Å². The van der Waals surface area contributed by atoms with E-state index in [4.69, 9.17) is 0 Å². The first kappa shape index (κ1) is 14.4. The topological polar surface area (TPSA) is 64.1 Å². The normalized spacial score (nSPS) is 13.8. The van der Waals surface area contributed by atoms with Crippen LogP contribution in [0.5, 0.6) is 0 Å². The van der Waals surface area contributed by atoms with Gasteiger partial charge in [0, 0.05) is 6.04 Å². The fourth-order valence-electron chi connectivity index (χ4n) is 1.70. The number of nitrogens with zero attached hydrogens (tertiary/aromatic N) is 2. The highest BCUT2D eigenvalue weighted by molar-refractivity contribution is 5.86. The summed E-state index contributed by atoms with van der Waals surface area (Å²) in [6.07, 6.45) is 2.25. The Bertz CT molecular complexity index is 378. The smallest absolute Gasteiger partial charge is 0.358 e. The molecule has 18 heavy (non-hydrogen) atoms. The third-order valence-electron chi connectivity index (χ3n) is 2.91. The number of carbonyl (C=O) groups excluding carboxylic acids is 1. The number of rotatable bonds is 6. The van der Waals surface area contributed by atoms with E-state index in [1.54, 1.807) is 12.1 Å². The van der Waals surface area contributed by atoms with E-state index in [2.05, 4.69) is 41.0 Å². The summed E-state index contributed by atoms with van der Waals surface area (Å²) in [6, 6.07) is 3.68. The molecule has 0 amide bonds. The second-order valence-electron chi connectivity index (χ2n) is 4.59. The molecule has 2 unspecified atom stereocenters. The minimum Gasteiger partial charge on any atom is -0.464 e. The molecule has 0 bridgehead atoms. The molecule has 100 valence electrons. The lowest BCUT2D eigenvalue weighted by Crippen LogP contribution is -2.19. The van der Waals surface area contributed by atoms with Gasteiger partial charge in [-0.15, -0.1) is 10.2 Å². The fraction of sp³-hybridized carbons (Fsp3) is 0.615. The Kier molecular flexibility index (Phi) is 5.55. The fourth-order valence-corrected chi connectivity index (χ4v) is 1.70. The lowest BCUT2D eigenvalue weighted by Gasteiger charge is -2.17. The highest BCUT2D eigenvalue weighted by atomic mass is 16.5. The van der Waals surface area contributed by atoms with Gasteiger partial charge in [0.15, 0.2) is 5.69 Å². The highest BCUT2D eigenvalue weighted by Crippen LogP contribution is 2.13. The predicted octanol–water partition coefficient (Wildman–Crippen LogP) is 2.50. The van der Waals surface area contributed by atoms with E-state index < -0.39 is 5.97 Å². The van der Waals surface area contributed by atoms with Crippen LogP contribution in [-0.4, -0.2) is 29.3 Å². The van der Waals surface area contributed by atoms with E-state index in [0.29, 0.717) is 17.8 Å². The van der Waals surface area contributed by atoms with Crippen LogP contribution in [0, 0.1) is 5.92 Å².